The van der Waals surface area contributed by atoms with Crippen LogP contribution in [0.5, 0.6) is 0 Å². The molecule has 0 aliphatic heterocycles. The lowest BCUT2D eigenvalue weighted by molar-refractivity contribution is 0.0689. The van der Waals surface area contributed by atoms with E-state index in [1.54, 1.807) is 6.92 Å². The van der Waals surface area contributed by atoms with Gasteiger partial charge in [-0.2, -0.15) is 5.10 Å². The topological polar surface area (TPSA) is 85.1 Å². The molecule has 2 heterocycles. The molecule has 18 heavy (non-hydrogen) atoms. The van der Waals surface area contributed by atoms with Crippen molar-refractivity contribution in [1.29, 1.82) is 0 Å². The zero-order valence-electron chi connectivity index (χ0n) is 9.29. The minimum absolute atomic E-state index is 0.0770. The van der Waals surface area contributed by atoms with Crippen molar-refractivity contribution in [3.8, 4) is 5.69 Å². The summed E-state index contributed by atoms with van der Waals surface area (Å²) >= 11 is 5.84. The molecule has 92 valence electrons. The Kier molecular flexibility index (Phi) is 3.12. The molecule has 0 bridgehead atoms. The lowest BCUT2D eigenvalue weighted by Crippen LogP contribution is -2.04. The van der Waals surface area contributed by atoms with Gasteiger partial charge in [0.25, 0.3) is 0 Å². The van der Waals surface area contributed by atoms with Gasteiger partial charge in [-0.25, -0.2) is 9.48 Å². The Hall–Kier alpha value is -2.21. The van der Waals surface area contributed by atoms with Crippen LogP contribution < -0.4 is 0 Å². The maximum atomic E-state index is 11.0. The number of rotatable bonds is 3. The zero-order chi connectivity index (χ0) is 13.3. The van der Waals surface area contributed by atoms with Crippen LogP contribution in [0.2, 0.25) is 5.02 Å². The zero-order valence-corrected chi connectivity index (χ0v) is 10.0. The van der Waals surface area contributed by atoms with Gasteiger partial charge in [0.2, 0.25) is 0 Å². The van der Waals surface area contributed by atoms with E-state index in [0.717, 1.165) is 0 Å². The van der Waals surface area contributed by atoms with Gasteiger partial charge >= 0.3 is 5.97 Å². The maximum Gasteiger partial charge on any atom is 0.356 e. The van der Waals surface area contributed by atoms with Gasteiger partial charge in [-0.1, -0.05) is 11.6 Å². The van der Waals surface area contributed by atoms with Gasteiger partial charge in [-0.05, 0) is 6.92 Å². The van der Waals surface area contributed by atoms with E-state index < -0.39 is 5.97 Å². The van der Waals surface area contributed by atoms with Gasteiger partial charge in [0, 0.05) is 18.0 Å². The highest BCUT2D eigenvalue weighted by molar-refractivity contribution is 6.33. The van der Waals surface area contributed by atoms with Crippen molar-refractivity contribution in [2.45, 2.75) is 6.92 Å². The van der Waals surface area contributed by atoms with Gasteiger partial charge in [-0.15, -0.1) is 0 Å². The highest BCUT2D eigenvalue weighted by Gasteiger charge is 2.16. The number of carbonyl (C=O) groups is 2. The molecular formula is C11H8ClN3O3. The second kappa shape index (κ2) is 4.58. The molecule has 0 saturated heterocycles. The van der Waals surface area contributed by atoms with Crippen LogP contribution in [0.3, 0.4) is 0 Å². The molecule has 2 aromatic heterocycles. The highest BCUT2D eigenvalue weighted by atomic mass is 35.5. The molecule has 0 fully saturated rings. The molecule has 0 amide bonds. The van der Waals surface area contributed by atoms with E-state index in [4.69, 9.17) is 16.7 Å². The number of aromatic nitrogens is 3. The molecule has 1 N–H and O–H groups in total. The molecule has 0 saturated carbocycles. The van der Waals surface area contributed by atoms with Crippen LogP contribution in [-0.2, 0) is 0 Å². The first kappa shape index (κ1) is 12.3. The van der Waals surface area contributed by atoms with Crippen LogP contribution in [0.15, 0.2) is 18.6 Å². The molecule has 6 nitrogen and oxygen atoms in total. The number of carboxylic acids is 1. The van der Waals surface area contributed by atoms with Crippen molar-refractivity contribution in [3.05, 3.63) is 40.4 Å². The number of hydrogen-bond donors (Lipinski definition) is 1. The SMILES string of the molecule is Cc1cn(-c2cncc(Cl)c2C=O)nc1C(=O)O. The summed E-state index contributed by atoms with van der Waals surface area (Å²) in [4.78, 5) is 25.7. The van der Waals surface area contributed by atoms with Gasteiger partial charge in [0.15, 0.2) is 12.0 Å². The van der Waals surface area contributed by atoms with E-state index in [1.807, 2.05) is 0 Å². The van der Waals surface area contributed by atoms with Gasteiger partial charge in [-0.3, -0.25) is 9.78 Å². The van der Waals surface area contributed by atoms with Gasteiger partial charge in [0.05, 0.1) is 22.5 Å². The first-order valence-corrected chi connectivity index (χ1v) is 5.31. The molecule has 0 unspecified atom stereocenters. The van der Waals surface area contributed by atoms with E-state index >= 15 is 0 Å². The molecular weight excluding hydrogens is 258 g/mol. The average Bonchev–Trinajstić information content (AvgIpc) is 2.71. The Morgan fingerprint density at radius 2 is 2.22 bits per heavy atom. The van der Waals surface area contributed by atoms with Crippen molar-refractivity contribution in [2.24, 2.45) is 0 Å². The van der Waals surface area contributed by atoms with Crippen LogP contribution in [0.1, 0.15) is 26.4 Å². The third-order valence-corrected chi connectivity index (χ3v) is 2.68. The molecule has 2 aromatic rings. The standard InChI is InChI=1S/C11H8ClN3O3/c1-6-4-15(14-10(6)11(17)18)9-3-13-2-8(12)7(9)5-16/h2-5H,1H3,(H,17,18). The normalized spacial score (nSPS) is 10.3. The number of pyridine rings is 1. The predicted octanol–water partition coefficient (Wildman–Crippen LogP) is 1.74. The quantitative estimate of drug-likeness (QED) is 0.855. The Balaban J connectivity index is 2.62. The summed E-state index contributed by atoms with van der Waals surface area (Å²) in [6, 6.07) is 0. The van der Waals surface area contributed by atoms with E-state index in [2.05, 4.69) is 10.1 Å². The third kappa shape index (κ3) is 1.98. The lowest BCUT2D eigenvalue weighted by atomic mass is 10.2. The molecule has 0 radical (unpaired) electrons. The number of aromatic carboxylic acids is 1. The summed E-state index contributed by atoms with van der Waals surface area (Å²) in [6.45, 7) is 1.62. The number of aryl methyl sites for hydroxylation is 1. The molecule has 7 heteroatoms. The number of carboxylic acid groups (broad SMARTS) is 1. The summed E-state index contributed by atoms with van der Waals surface area (Å²) in [5.41, 5.74) is 0.963. The fraction of sp³-hybridized carbons (Fsp3) is 0.0909. The first-order valence-electron chi connectivity index (χ1n) is 4.93. The van der Waals surface area contributed by atoms with Crippen LogP contribution in [0.4, 0.5) is 0 Å². The summed E-state index contributed by atoms with van der Waals surface area (Å²) in [5.74, 6) is -1.13. The summed E-state index contributed by atoms with van der Waals surface area (Å²) < 4.78 is 1.28. The lowest BCUT2D eigenvalue weighted by Gasteiger charge is -2.04. The number of aldehydes is 1. The van der Waals surface area contributed by atoms with Gasteiger partial charge in [0.1, 0.15) is 0 Å². The van der Waals surface area contributed by atoms with Crippen molar-refractivity contribution in [3.63, 3.8) is 0 Å². The van der Waals surface area contributed by atoms with E-state index in [9.17, 15) is 9.59 Å². The smallest absolute Gasteiger partial charge is 0.356 e. The van der Waals surface area contributed by atoms with E-state index in [-0.39, 0.29) is 16.3 Å². The number of halogens is 1. The van der Waals surface area contributed by atoms with Gasteiger partial charge < -0.3 is 5.11 Å². The minimum atomic E-state index is -1.13. The van der Waals surface area contributed by atoms with Crippen LogP contribution in [0.25, 0.3) is 5.69 Å². The van der Waals surface area contributed by atoms with Crippen LogP contribution >= 0.6 is 11.6 Å². The molecule has 0 aromatic carbocycles. The second-order valence-electron chi connectivity index (χ2n) is 3.58. The summed E-state index contributed by atoms with van der Waals surface area (Å²) in [7, 11) is 0. The number of carbonyl (C=O) groups excluding carboxylic acids is 1. The first-order chi connectivity index (χ1) is 8.54. The Morgan fingerprint density at radius 1 is 1.50 bits per heavy atom. The fourth-order valence-electron chi connectivity index (χ4n) is 1.53. The minimum Gasteiger partial charge on any atom is -0.476 e. The fourth-order valence-corrected chi connectivity index (χ4v) is 1.73. The van der Waals surface area contributed by atoms with Crippen molar-refractivity contribution < 1.29 is 14.7 Å². The van der Waals surface area contributed by atoms with Crippen molar-refractivity contribution in [2.75, 3.05) is 0 Å². The number of hydrogen-bond acceptors (Lipinski definition) is 4. The Morgan fingerprint density at radius 3 is 2.78 bits per heavy atom. The summed E-state index contributed by atoms with van der Waals surface area (Å²) in [6.07, 6.45) is 4.82. The second-order valence-corrected chi connectivity index (χ2v) is 3.99. The highest BCUT2D eigenvalue weighted by Crippen LogP contribution is 2.20. The molecule has 2 rings (SSSR count). The maximum absolute atomic E-state index is 11.0. The van der Waals surface area contributed by atoms with Crippen LogP contribution in [-0.4, -0.2) is 32.1 Å². The van der Waals surface area contributed by atoms with Crippen molar-refractivity contribution >= 4 is 23.9 Å². The molecule has 0 atom stereocenters. The molecule has 0 aliphatic carbocycles. The number of nitrogens with zero attached hydrogens (tertiary/aromatic N) is 3. The Bertz CT molecular complexity index is 636. The predicted molar refractivity (Wildman–Crippen MR) is 63.5 cm³/mol. The van der Waals surface area contributed by atoms with Crippen molar-refractivity contribution in [1.82, 2.24) is 14.8 Å². The van der Waals surface area contributed by atoms with E-state index in [1.165, 1.54) is 23.3 Å². The van der Waals surface area contributed by atoms with E-state index in [0.29, 0.717) is 17.5 Å². The molecule has 0 aliphatic rings. The average molecular weight is 266 g/mol. The largest absolute Gasteiger partial charge is 0.476 e. The Labute approximate surface area is 107 Å². The summed E-state index contributed by atoms with van der Waals surface area (Å²) in [5, 5.41) is 13.0. The third-order valence-electron chi connectivity index (χ3n) is 2.38. The van der Waals surface area contributed by atoms with Crippen LogP contribution in [0, 0.1) is 6.92 Å². The monoisotopic (exact) mass is 265 g/mol. The molecule has 0 spiro atoms.